The van der Waals surface area contributed by atoms with Crippen LogP contribution < -0.4 is 5.32 Å². The molecule has 34 heavy (non-hydrogen) atoms. The topological polar surface area (TPSA) is 78.9 Å². The van der Waals surface area contributed by atoms with Crippen LogP contribution in [0, 0.1) is 12.7 Å². The summed E-state index contributed by atoms with van der Waals surface area (Å²) >= 11 is 0. The van der Waals surface area contributed by atoms with Gasteiger partial charge in [-0.1, -0.05) is 36.4 Å². The molecular formula is C24H24F4N2O4. The highest BCUT2D eigenvalue weighted by molar-refractivity contribution is 5.87. The Kier molecular flexibility index (Phi) is 6.05. The minimum atomic E-state index is -5.24. The molecule has 1 spiro atoms. The van der Waals surface area contributed by atoms with Crippen LogP contribution in [0.4, 0.5) is 22.4 Å². The molecule has 0 saturated carbocycles. The molecule has 182 valence electrons. The predicted molar refractivity (Wildman–Crippen MR) is 113 cm³/mol. The summed E-state index contributed by atoms with van der Waals surface area (Å²) in [6.07, 6.45) is -5.77. The molecule has 2 aromatic carbocycles. The number of carbonyl (C=O) groups is 2. The van der Waals surface area contributed by atoms with Crippen molar-refractivity contribution in [3.8, 4) is 0 Å². The van der Waals surface area contributed by atoms with Gasteiger partial charge < -0.3 is 20.1 Å². The first-order chi connectivity index (χ1) is 16.0. The van der Waals surface area contributed by atoms with Crippen LogP contribution in [-0.4, -0.2) is 53.4 Å². The summed E-state index contributed by atoms with van der Waals surface area (Å²) in [6.45, 7) is 1.61. The lowest BCUT2D eigenvalue weighted by molar-refractivity contribution is -0.262. The van der Waals surface area contributed by atoms with E-state index in [1.807, 2.05) is 0 Å². The SMILES string of the molecule is Cc1cc(F)ccc1C1CNC(=O)OC12CCN(C(=O)[C@](O)(c1ccccc1)C(F)(F)F)CC2. The lowest BCUT2D eigenvalue weighted by Crippen LogP contribution is -2.62. The molecule has 2 fully saturated rings. The normalized spacial score (nSPS) is 22.0. The fourth-order valence-electron chi connectivity index (χ4n) is 4.94. The van der Waals surface area contributed by atoms with Crippen molar-refractivity contribution in [1.82, 2.24) is 10.2 Å². The third-order valence-electron chi connectivity index (χ3n) is 6.80. The largest absolute Gasteiger partial charge is 0.442 e. The second kappa shape index (κ2) is 8.57. The molecule has 0 aliphatic carbocycles. The molecule has 10 heteroatoms. The number of halogens is 4. The third-order valence-corrected chi connectivity index (χ3v) is 6.80. The number of ether oxygens (including phenoxy) is 1. The highest BCUT2D eigenvalue weighted by atomic mass is 19.4. The standard InChI is InChI=1S/C24H24F4N2O4/c1-15-13-17(25)7-8-18(15)19-14-29-21(32)34-22(19)9-11-30(12-10-22)20(31)23(33,24(26,27)28)16-5-3-2-4-6-16/h2-8,13,19,33H,9-12,14H2,1H3,(H,29,32)/t19?,23-/m1/s1. The Morgan fingerprint density at radius 2 is 1.79 bits per heavy atom. The zero-order valence-corrected chi connectivity index (χ0v) is 18.4. The first kappa shape index (κ1) is 24.0. The van der Waals surface area contributed by atoms with Crippen LogP contribution >= 0.6 is 0 Å². The molecule has 2 aliphatic heterocycles. The zero-order chi connectivity index (χ0) is 24.7. The summed E-state index contributed by atoms with van der Waals surface area (Å²) in [4.78, 5) is 26.1. The number of alkyl carbamates (subject to hydrolysis) is 1. The van der Waals surface area contributed by atoms with E-state index >= 15 is 0 Å². The predicted octanol–water partition coefficient (Wildman–Crippen LogP) is 3.77. The van der Waals surface area contributed by atoms with E-state index in [0.717, 1.165) is 22.6 Å². The molecule has 2 atom stereocenters. The van der Waals surface area contributed by atoms with Crippen molar-refractivity contribution in [1.29, 1.82) is 0 Å². The van der Waals surface area contributed by atoms with Gasteiger partial charge in [-0.05, 0) is 30.2 Å². The van der Waals surface area contributed by atoms with Crippen molar-refractivity contribution in [2.45, 2.75) is 43.1 Å². The molecule has 0 bridgehead atoms. The number of carbonyl (C=O) groups excluding carboxylic acids is 2. The number of hydrogen-bond acceptors (Lipinski definition) is 4. The number of likely N-dealkylation sites (tertiary alicyclic amines) is 1. The van der Waals surface area contributed by atoms with E-state index in [9.17, 15) is 32.3 Å². The minimum Gasteiger partial charge on any atom is -0.442 e. The molecule has 2 saturated heterocycles. The smallest absolute Gasteiger partial charge is 0.430 e. The molecular weight excluding hydrogens is 456 g/mol. The number of nitrogens with one attached hydrogen (secondary N) is 1. The molecule has 4 rings (SSSR count). The van der Waals surface area contributed by atoms with Gasteiger partial charge in [-0.2, -0.15) is 13.2 Å². The molecule has 2 aromatic rings. The fourth-order valence-corrected chi connectivity index (χ4v) is 4.94. The second-order valence-electron chi connectivity index (χ2n) is 8.76. The molecule has 2 heterocycles. The monoisotopic (exact) mass is 480 g/mol. The molecule has 6 nitrogen and oxygen atoms in total. The van der Waals surface area contributed by atoms with Crippen molar-refractivity contribution >= 4 is 12.0 Å². The number of piperidine rings is 1. The van der Waals surface area contributed by atoms with E-state index in [-0.39, 0.29) is 32.5 Å². The highest BCUT2D eigenvalue weighted by Crippen LogP contribution is 2.45. The summed E-state index contributed by atoms with van der Waals surface area (Å²) in [5.41, 5.74) is -3.95. The number of alkyl halides is 3. The lowest BCUT2D eigenvalue weighted by Gasteiger charge is -2.49. The lowest BCUT2D eigenvalue weighted by atomic mass is 9.73. The average Bonchev–Trinajstić information content (AvgIpc) is 2.79. The van der Waals surface area contributed by atoms with Crippen LogP contribution in [0.15, 0.2) is 48.5 Å². The number of amides is 2. The van der Waals surface area contributed by atoms with Gasteiger partial charge in [0.25, 0.3) is 11.5 Å². The summed E-state index contributed by atoms with van der Waals surface area (Å²) in [6, 6.07) is 10.5. The average molecular weight is 480 g/mol. The van der Waals surface area contributed by atoms with Gasteiger partial charge in [-0.3, -0.25) is 4.79 Å². The molecule has 1 unspecified atom stereocenters. The van der Waals surface area contributed by atoms with E-state index in [1.54, 1.807) is 13.0 Å². The van der Waals surface area contributed by atoms with Crippen LogP contribution in [0.3, 0.4) is 0 Å². The maximum Gasteiger partial charge on any atom is 0.430 e. The number of benzene rings is 2. The molecule has 2 N–H and O–H groups in total. The Morgan fingerprint density at radius 1 is 1.15 bits per heavy atom. The number of aryl methyl sites for hydroxylation is 1. The van der Waals surface area contributed by atoms with Gasteiger partial charge in [0.1, 0.15) is 11.4 Å². The Hall–Kier alpha value is -3.14. The Bertz CT molecular complexity index is 1080. The first-order valence-electron chi connectivity index (χ1n) is 10.8. The highest BCUT2D eigenvalue weighted by Gasteiger charge is 2.62. The number of hydrogen-bond donors (Lipinski definition) is 2. The molecule has 2 amide bonds. The molecule has 2 aliphatic rings. The summed E-state index contributed by atoms with van der Waals surface area (Å²) in [5.74, 6) is -2.28. The van der Waals surface area contributed by atoms with Gasteiger partial charge in [0, 0.05) is 44.0 Å². The van der Waals surface area contributed by atoms with Crippen molar-refractivity contribution in [2.24, 2.45) is 0 Å². The second-order valence-corrected chi connectivity index (χ2v) is 8.76. The van der Waals surface area contributed by atoms with Gasteiger partial charge in [0.05, 0.1) is 0 Å². The van der Waals surface area contributed by atoms with Crippen LogP contribution in [0.25, 0.3) is 0 Å². The van der Waals surface area contributed by atoms with Gasteiger partial charge in [0.15, 0.2) is 0 Å². The Balaban J connectivity index is 1.61. The van der Waals surface area contributed by atoms with E-state index in [1.165, 1.54) is 30.3 Å². The van der Waals surface area contributed by atoms with E-state index in [4.69, 9.17) is 4.74 Å². The molecule has 0 radical (unpaired) electrons. The van der Waals surface area contributed by atoms with Crippen LogP contribution in [0.5, 0.6) is 0 Å². The van der Waals surface area contributed by atoms with Gasteiger partial charge >= 0.3 is 12.3 Å². The van der Waals surface area contributed by atoms with E-state index in [0.29, 0.717) is 5.56 Å². The Morgan fingerprint density at radius 3 is 2.38 bits per heavy atom. The maximum atomic E-state index is 13.9. The first-order valence-corrected chi connectivity index (χ1v) is 10.8. The van der Waals surface area contributed by atoms with E-state index < -0.39 is 46.7 Å². The fraction of sp³-hybridized carbons (Fsp3) is 0.417. The van der Waals surface area contributed by atoms with Crippen LogP contribution in [-0.2, 0) is 15.1 Å². The van der Waals surface area contributed by atoms with Crippen LogP contribution in [0.1, 0.15) is 35.4 Å². The minimum absolute atomic E-state index is 0.0658. The zero-order valence-electron chi connectivity index (χ0n) is 18.4. The third kappa shape index (κ3) is 4.00. The summed E-state index contributed by atoms with van der Waals surface area (Å²) < 4.78 is 61.2. The Labute approximate surface area is 193 Å². The number of rotatable bonds is 3. The van der Waals surface area contributed by atoms with E-state index in [2.05, 4.69) is 5.32 Å². The molecule has 0 aromatic heterocycles. The van der Waals surface area contributed by atoms with Gasteiger partial charge in [0.2, 0.25) is 0 Å². The van der Waals surface area contributed by atoms with Crippen LogP contribution in [0.2, 0.25) is 0 Å². The van der Waals surface area contributed by atoms with Gasteiger partial charge in [-0.15, -0.1) is 0 Å². The van der Waals surface area contributed by atoms with Crippen molar-refractivity contribution in [3.05, 3.63) is 71.0 Å². The van der Waals surface area contributed by atoms with Crippen molar-refractivity contribution in [3.63, 3.8) is 0 Å². The summed E-state index contributed by atoms with van der Waals surface area (Å²) in [5, 5.41) is 13.2. The quantitative estimate of drug-likeness (QED) is 0.656. The number of aliphatic hydroxyl groups is 1. The maximum absolute atomic E-state index is 13.9. The van der Waals surface area contributed by atoms with Gasteiger partial charge in [-0.25, -0.2) is 9.18 Å². The van der Waals surface area contributed by atoms with Crippen molar-refractivity contribution < 1.29 is 37.0 Å². The summed E-state index contributed by atoms with van der Waals surface area (Å²) in [7, 11) is 0. The number of nitrogens with zero attached hydrogens (tertiary/aromatic N) is 1. The van der Waals surface area contributed by atoms with Crippen molar-refractivity contribution in [2.75, 3.05) is 19.6 Å².